The van der Waals surface area contributed by atoms with Gasteiger partial charge in [-0.1, -0.05) is 53.2 Å². The Morgan fingerprint density at radius 3 is 2.36 bits per heavy atom. The van der Waals surface area contributed by atoms with Crippen molar-refractivity contribution in [1.29, 1.82) is 0 Å². The number of benzene rings is 3. The SMILES string of the molecule is COc1cccc(-c2nc(-c3cccc(OCc4ccc(C)cc4)c3)no2)c1. The molecule has 0 radical (unpaired) electrons. The van der Waals surface area contributed by atoms with Gasteiger partial charge in [0.25, 0.3) is 5.89 Å². The summed E-state index contributed by atoms with van der Waals surface area (Å²) >= 11 is 0. The first-order valence-corrected chi connectivity index (χ1v) is 8.98. The molecule has 140 valence electrons. The van der Waals surface area contributed by atoms with Gasteiger partial charge < -0.3 is 14.0 Å². The Morgan fingerprint density at radius 1 is 0.857 bits per heavy atom. The highest BCUT2D eigenvalue weighted by Crippen LogP contribution is 2.27. The van der Waals surface area contributed by atoms with Crippen molar-refractivity contribution in [3.8, 4) is 34.3 Å². The quantitative estimate of drug-likeness (QED) is 0.460. The first-order chi connectivity index (χ1) is 13.7. The molecule has 5 nitrogen and oxygen atoms in total. The summed E-state index contributed by atoms with van der Waals surface area (Å²) in [4.78, 5) is 4.51. The molecule has 0 bridgehead atoms. The van der Waals surface area contributed by atoms with Crippen LogP contribution in [0.25, 0.3) is 22.8 Å². The van der Waals surface area contributed by atoms with Crippen LogP contribution in [0.2, 0.25) is 0 Å². The minimum Gasteiger partial charge on any atom is -0.497 e. The minimum absolute atomic E-state index is 0.444. The second-order valence-electron chi connectivity index (χ2n) is 6.46. The van der Waals surface area contributed by atoms with E-state index in [0.717, 1.165) is 28.2 Å². The first kappa shape index (κ1) is 17.8. The van der Waals surface area contributed by atoms with Crippen LogP contribution in [0.3, 0.4) is 0 Å². The molecular weight excluding hydrogens is 352 g/mol. The molecule has 0 spiro atoms. The number of hydrogen-bond donors (Lipinski definition) is 0. The Labute approximate surface area is 163 Å². The minimum atomic E-state index is 0.444. The van der Waals surface area contributed by atoms with Crippen molar-refractivity contribution in [3.05, 3.63) is 83.9 Å². The lowest BCUT2D eigenvalue weighted by Gasteiger charge is -2.07. The van der Waals surface area contributed by atoms with E-state index in [2.05, 4.69) is 41.3 Å². The molecule has 0 N–H and O–H groups in total. The maximum absolute atomic E-state index is 5.91. The monoisotopic (exact) mass is 372 g/mol. The van der Waals surface area contributed by atoms with Crippen molar-refractivity contribution < 1.29 is 14.0 Å². The van der Waals surface area contributed by atoms with Crippen LogP contribution < -0.4 is 9.47 Å². The number of nitrogens with zero attached hydrogens (tertiary/aromatic N) is 2. The third-order valence-corrected chi connectivity index (χ3v) is 4.36. The molecule has 0 aliphatic rings. The first-order valence-electron chi connectivity index (χ1n) is 8.98. The van der Waals surface area contributed by atoms with Crippen molar-refractivity contribution in [2.75, 3.05) is 7.11 Å². The van der Waals surface area contributed by atoms with E-state index in [1.807, 2.05) is 48.5 Å². The Balaban J connectivity index is 1.51. The highest BCUT2D eigenvalue weighted by Gasteiger charge is 2.12. The predicted molar refractivity (Wildman–Crippen MR) is 107 cm³/mol. The molecule has 4 aromatic rings. The van der Waals surface area contributed by atoms with Crippen molar-refractivity contribution in [2.45, 2.75) is 13.5 Å². The molecule has 1 aromatic heterocycles. The smallest absolute Gasteiger partial charge is 0.258 e. The van der Waals surface area contributed by atoms with Crippen LogP contribution in [0.15, 0.2) is 77.3 Å². The zero-order valence-corrected chi connectivity index (χ0v) is 15.8. The van der Waals surface area contributed by atoms with Crippen LogP contribution in [-0.4, -0.2) is 17.3 Å². The Bertz CT molecular complexity index is 1070. The van der Waals surface area contributed by atoms with E-state index in [-0.39, 0.29) is 0 Å². The van der Waals surface area contributed by atoms with E-state index in [1.54, 1.807) is 7.11 Å². The topological polar surface area (TPSA) is 57.4 Å². The maximum atomic E-state index is 5.91. The summed E-state index contributed by atoms with van der Waals surface area (Å²) in [7, 11) is 1.63. The zero-order valence-electron chi connectivity index (χ0n) is 15.8. The molecule has 0 aliphatic carbocycles. The molecular formula is C23H20N2O3. The van der Waals surface area contributed by atoms with Gasteiger partial charge in [-0.15, -0.1) is 0 Å². The van der Waals surface area contributed by atoms with E-state index in [4.69, 9.17) is 14.0 Å². The second kappa shape index (κ2) is 7.96. The average molecular weight is 372 g/mol. The van der Waals surface area contributed by atoms with Gasteiger partial charge in [-0.05, 0) is 42.8 Å². The summed E-state index contributed by atoms with van der Waals surface area (Å²) in [5.41, 5.74) is 4.00. The van der Waals surface area contributed by atoms with Gasteiger partial charge in [-0.25, -0.2) is 0 Å². The van der Waals surface area contributed by atoms with Gasteiger partial charge in [0.1, 0.15) is 18.1 Å². The Hall–Kier alpha value is -3.60. The molecule has 0 fully saturated rings. The number of ether oxygens (including phenoxy) is 2. The average Bonchev–Trinajstić information content (AvgIpc) is 3.24. The molecule has 0 saturated carbocycles. The number of rotatable bonds is 6. The van der Waals surface area contributed by atoms with E-state index in [9.17, 15) is 0 Å². The summed E-state index contributed by atoms with van der Waals surface area (Å²) < 4.78 is 16.6. The fourth-order valence-corrected chi connectivity index (χ4v) is 2.79. The number of hydrogen-bond acceptors (Lipinski definition) is 5. The van der Waals surface area contributed by atoms with E-state index >= 15 is 0 Å². The molecule has 0 aliphatic heterocycles. The molecule has 3 aromatic carbocycles. The van der Waals surface area contributed by atoms with Gasteiger partial charge in [0, 0.05) is 11.1 Å². The van der Waals surface area contributed by atoms with Crippen LogP contribution in [0.5, 0.6) is 11.5 Å². The predicted octanol–water partition coefficient (Wildman–Crippen LogP) is 5.30. The lowest BCUT2D eigenvalue weighted by Crippen LogP contribution is -1.95. The van der Waals surface area contributed by atoms with Crippen LogP contribution in [-0.2, 0) is 6.61 Å². The van der Waals surface area contributed by atoms with E-state index in [1.165, 1.54) is 5.56 Å². The molecule has 4 rings (SSSR count). The molecule has 28 heavy (non-hydrogen) atoms. The van der Waals surface area contributed by atoms with Gasteiger partial charge in [-0.2, -0.15) is 4.98 Å². The van der Waals surface area contributed by atoms with Crippen LogP contribution >= 0.6 is 0 Å². The van der Waals surface area contributed by atoms with Crippen LogP contribution in [0.1, 0.15) is 11.1 Å². The number of aromatic nitrogens is 2. The van der Waals surface area contributed by atoms with Gasteiger partial charge in [0.05, 0.1) is 7.11 Å². The molecule has 1 heterocycles. The number of aryl methyl sites for hydroxylation is 1. The van der Waals surface area contributed by atoms with Gasteiger partial charge in [0.15, 0.2) is 0 Å². The van der Waals surface area contributed by atoms with E-state index in [0.29, 0.717) is 18.3 Å². The lowest BCUT2D eigenvalue weighted by atomic mass is 10.1. The zero-order chi connectivity index (χ0) is 19.3. The Kier molecular flexibility index (Phi) is 5.06. The van der Waals surface area contributed by atoms with Crippen molar-refractivity contribution in [1.82, 2.24) is 10.1 Å². The normalized spacial score (nSPS) is 10.6. The van der Waals surface area contributed by atoms with E-state index < -0.39 is 0 Å². The van der Waals surface area contributed by atoms with Crippen molar-refractivity contribution in [3.63, 3.8) is 0 Å². The van der Waals surface area contributed by atoms with Gasteiger partial charge in [-0.3, -0.25) is 0 Å². The standard InChI is InChI=1S/C23H20N2O3/c1-16-9-11-17(12-10-16)15-27-21-8-3-5-18(13-21)22-24-23(28-25-22)19-6-4-7-20(14-19)26-2/h3-14H,15H2,1-2H3. The van der Waals surface area contributed by atoms with Gasteiger partial charge in [0.2, 0.25) is 5.82 Å². The molecule has 0 amide bonds. The second-order valence-corrected chi connectivity index (χ2v) is 6.46. The summed E-state index contributed by atoms with van der Waals surface area (Å²) in [6.45, 7) is 2.57. The largest absolute Gasteiger partial charge is 0.497 e. The number of methoxy groups -OCH3 is 1. The fourth-order valence-electron chi connectivity index (χ4n) is 2.79. The maximum Gasteiger partial charge on any atom is 0.258 e. The molecule has 5 heteroatoms. The fraction of sp³-hybridized carbons (Fsp3) is 0.130. The van der Waals surface area contributed by atoms with Crippen LogP contribution in [0, 0.1) is 6.92 Å². The van der Waals surface area contributed by atoms with Crippen molar-refractivity contribution >= 4 is 0 Å². The third-order valence-electron chi connectivity index (χ3n) is 4.36. The highest BCUT2D eigenvalue weighted by atomic mass is 16.5. The molecule has 0 saturated heterocycles. The Morgan fingerprint density at radius 2 is 1.57 bits per heavy atom. The summed E-state index contributed by atoms with van der Waals surface area (Å²) in [5.74, 6) is 2.45. The molecule has 0 unspecified atom stereocenters. The third kappa shape index (κ3) is 4.04. The summed E-state index contributed by atoms with van der Waals surface area (Å²) in [6, 6.07) is 23.5. The van der Waals surface area contributed by atoms with Crippen LogP contribution in [0.4, 0.5) is 0 Å². The highest BCUT2D eigenvalue weighted by molar-refractivity contribution is 5.62. The summed E-state index contributed by atoms with van der Waals surface area (Å²) in [6.07, 6.45) is 0. The van der Waals surface area contributed by atoms with Gasteiger partial charge >= 0.3 is 0 Å². The van der Waals surface area contributed by atoms with Crippen molar-refractivity contribution in [2.24, 2.45) is 0 Å². The molecule has 0 atom stereocenters. The lowest BCUT2D eigenvalue weighted by molar-refractivity contribution is 0.306. The summed E-state index contributed by atoms with van der Waals surface area (Å²) in [5, 5.41) is 4.10.